The number of carbonyl (C=O) groups excluding carboxylic acids is 1. The summed E-state index contributed by atoms with van der Waals surface area (Å²) >= 11 is 0. The number of rotatable bonds is 11. The van der Waals surface area contributed by atoms with Crippen molar-refractivity contribution in [3.8, 4) is 0 Å². The lowest BCUT2D eigenvalue weighted by Crippen LogP contribution is -2.51. The van der Waals surface area contributed by atoms with Crippen LogP contribution in [-0.2, 0) is 14.3 Å². The van der Waals surface area contributed by atoms with Crippen LogP contribution in [0, 0.1) is 0 Å². The van der Waals surface area contributed by atoms with Gasteiger partial charge in [0.15, 0.2) is 0 Å². The number of hydrogen-bond donors (Lipinski definition) is 1. The van der Waals surface area contributed by atoms with E-state index >= 15 is 0 Å². The van der Waals surface area contributed by atoms with Crippen molar-refractivity contribution in [2.24, 2.45) is 0 Å². The minimum absolute atomic E-state index is 0.148. The molecule has 0 aromatic rings. The minimum Gasteiger partial charge on any atom is -0.468 e. The highest BCUT2D eigenvalue weighted by Gasteiger charge is 2.38. The number of ether oxygens (including phenoxy) is 2. The van der Waals surface area contributed by atoms with E-state index in [2.05, 4.69) is 19.2 Å². The maximum Gasteiger partial charge on any atom is 0.325 e. The number of carbonyl (C=O) groups is 1. The molecule has 0 saturated heterocycles. The number of methoxy groups -OCH3 is 1. The van der Waals surface area contributed by atoms with Crippen LogP contribution in [0.3, 0.4) is 0 Å². The van der Waals surface area contributed by atoms with Gasteiger partial charge < -0.3 is 9.47 Å². The van der Waals surface area contributed by atoms with Gasteiger partial charge in [-0.2, -0.15) is 0 Å². The lowest BCUT2D eigenvalue weighted by molar-refractivity contribution is -0.148. The minimum atomic E-state index is -0.537. The monoisotopic (exact) mass is 285 g/mol. The molecule has 0 aromatic carbocycles. The topological polar surface area (TPSA) is 47.6 Å². The van der Waals surface area contributed by atoms with Crippen LogP contribution < -0.4 is 5.32 Å². The molecule has 0 radical (unpaired) electrons. The largest absolute Gasteiger partial charge is 0.468 e. The van der Waals surface area contributed by atoms with Crippen molar-refractivity contribution in [2.75, 3.05) is 13.7 Å². The van der Waals surface area contributed by atoms with Crippen LogP contribution in [0.2, 0.25) is 0 Å². The number of hydrogen-bond acceptors (Lipinski definition) is 4. The molecule has 2 unspecified atom stereocenters. The summed E-state index contributed by atoms with van der Waals surface area (Å²) in [7, 11) is 1.46. The fourth-order valence-corrected chi connectivity index (χ4v) is 2.49. The van der Waals surface area contributed by atoms with Crippen molar-refractivity contribution in [3.05, 3.63) is 0 Å². The average molecular weight is 285 g/mol. The number of nitrogens with one attached hydrogen (secondary N) is 1. The quantitative estimate of drug-likeness (QED) is 0.468. The van der Waals surface area contributed by atoms with E-state index in [1.165, 1.54) is 20.0 Å². The predicted molar refractivity (Wildman–Crippen MR) is 80.8 cm³/mol. The molecular weight excluding hydrogens is 254 g/mol. The van der Waals surface area contributed by atoms with Crippen molar-refractivity contribution < 1.29 is 14.3 Å². The van der Waals surface area contributed by atoms with E-state index in [-0.39, 0.29) is 5.97 Å². The van der Waals surface area contributed by atoms with Crippen molar-refractivity contribution in [1.82, 2.24) is 5.32 Å². The fourth-order valence-electron chi connectivity index (χ4n) is 2.49. The highest BCUT2D eigenvalue weighted by atomic mass is 16.5. The molecule has 118 valence electrons. The SMILES string of the molecule is CCCC(C)OCCCCC(C)(NC1CC1)C(=O)OC. The molecule has 1 fully saturated rings. The first-order valence-electron chi connectivity index (χ1n) is 7.99. The van der Waals surface area contributed by atoms with E-state index in [0.29, 0.717) is 12.1 Å². The second kappa shape index (κ2) is 8.63. The van der Waals surface area contributed by atoms with Crippen molar-refractivity contribution in [1.29, 1.82) is 0 Å². The van der Waals surface area contributed by atoms with Crippen LogP contribution in [0.15, 0.2) is 0 Å². The van der Waals surface area contributed by atoms with Crippen molar-refractivity contribution >= 4 is 5.97 Å². The van der Waals surface area contributed by atoms with E-state index in [1.54, 1.807) is 0 Å². The maximum absolute atomic E-state index is 11.9. The highest BCUT2D eigenvalue weighted by Crippen LogP contribution is 2.26. The molecular formula is C16H31NO3. The zero-order valence-electron chi connectivity index (χ0n) is 13.5. The highest BCUT2D eigenvalue weighted by molar-refractivity contribution is 5.80. The third-order valence-corrected chi connectivity index (χ3v) is 3.90. The van der Waals surface area contributed by atoms with E-state index in [4.69, 9.17) is 9.47 Å². The molecule has 1 saturated carbocycles. The van der Waals surface area contributed by atoms with Gasteiger partial charge in [0.05, 0.1) is 13.2 Å². The van der Waals surface area contributed by atoms with Gasteiger partial charge in [-0.1, -0.05) is 13.3 Å². The molecule has 20 heavy (non-hydrogen) atoms. The summed E-state index contributed by atoms with van der Waals surface area (Å²) in [5.41, 5.74) is -0.537. The molecule has 0 bridgehead atoms. The maximum atomic E-state index is 11.9. The first-order valence-corrected chi connectivity index (χ1v) is 7.99. The van der Waals surface area contributed by atoms with Crippen LogP contribution in [0.1, 0.15) is 65.7 Å². The lowest BCUT2D eigenvalue weighted by Gasteiger charge is -2.28. The van der Waals surface area contributed by atoms with E-state index in [1.807, 2.05) is 6.92 Å². The van der Waals surface area contributed by atoms with Gasteiger partial charge in [0.2, 0.25) is 0 Å². The molecule has 0 heterocycles. The Kier molecular flexibility index (Phi) is 7.52. The Labute approximate surface area is 123 Å². The van der Waals surface area contributed by atoms with Gasteiger partial charge in [0.25, 0.3) is 0 Å². The molecule has 1 N–H and O–H groups in total. The molecule has 0 aliphatic heterocycles. The van der Waals surface area contributed by atoms with Crippen LogP contribution in [0.25, 0.3) is 0 Å². The van der Waals surface area contributed by atoms with Gasteiger partial charge in [0, 0.05) is 12.6 Å². The van der Waals surface area contributed by atoms with Gasteiger partial charge in [-0.25, -0.2) is 0 Å². The summed E-state index contributed by atoms with van der Waals surface area (Å²) in [6.07, 6.45) is 7.74. The van der Waals surface area contributed by atoms with Crippen LogP contribution in [-0.4, -0.2) is 37.4 Å². The molecule has 1 aliphatic carbocycles. The average Bonchev–Trinajstić information content (AvgIpc) is 3.21. The Bertz CT molecular complexity index is 291. The van der Waals surface area contributed by atoms with Crippen molar-refractivity contribution in [2.45, 2.75) is 83.4 Å². The molecule has 2 atom stereocenters. The molecule has 1 aliphatic rings. The van der Waals surface area contributed by atoms with Crippen LogP contribution >= 0.6 is 0 Å². The summed E-state index contributed by atoms with van der Waals surface area (Å²) < 4.78 is 10.7. The van der Waals surface area contributed by atoms with E-state index in [0.717, 1.165) is 38.7 Å². The van der Waals surface area contributed by atoms with Gasteiger partial charge in [0.1, 0.15) is 5.54 Å². The first-order chi connectivity index (χ1) is 9.51. The molecule has 1 rings (SSSR count). The summed E-state index contributed by atoms with van der Waals surface area (Å²) in [4.78, 5) is 11.9. The predicted octanol–water partition coefficient (Wildman–Crippen LogP) is 3.05. The number of unbranched alkanes of at least 4 members (excludes halogenated alkanes) is 1. The zero-order valence-corrected chi connectivity index (χ0v) is 13.5. The van der Waals surface area contributed by atoms with E-state index < -0.39 is 5.54 Å². The summed E-state index contributed by atoms with van der Waals surface area (Å²) in [6, 6.07) is 0.500. The third-order valence-electron chi connectivity index (χ3n) is 3.90. The Balaban J connectivity index is 2.23. The van der Waals surface area contributed by atoms with E-state index in [9.17, 15) is 4.79 Å². The smallest absolute Gasteiger partial charge is 0.325 e. The lowest BCUT2D eigenvalue weighted by atomic mass is 9.94. The first kappa shape index (κ1) is 17.4. The molecule has 0 spiro atoms. The summed E-state index contributed by atoms with van der Waals surface area (Å²) in [5, 5.41) is 3.42. The number of esters is 1. The van der Waals surface area contributed by atoms with Crippen LogP contribution in [0.5, 0.6) is 0 Å². The molecule has 0 amide bonds. The Hall–Kier alpha value is -0.610. The summed E-state index contributed by atoms with van der Waals surface area (Å²) in [6.45, 7) is 7.03. The van der Waals surface area contributed by atoms with Gasteiger partial charge in [-0.3, -0.25) is 10.1 Å². The Morgan fingerprint density at radius 3 is 2.65 bits per heavy atom. The Morgan fingerprint density at radius 1 is 1.40 bits per heavy atom. The Morgan fingerprint density at radius 2 is 2.10 bits per heavy atom. The molecule has 0 aromatic heterocycles. The fraction of sp³-hybridized carbons (Fsp3) is 0.938. The van der Waals surface area contributed by atoms with Crippen LogP contribution in [0.4, 0.5) is 0 Å². The standard InChI is InChI=1S/C16H31NO3/c1-5-8-13(2)20-12-7-6-11-16(3,15(18)19-4)17-14-9-10-14/h13-14,17H,5-12H2,1-4H3. The molecule has 4 nitrogen and oxygen atoms in total. The third kappa shape index (κ3) is 6.23. The van der Waals surface area contributed by atoms with Crippen molar-refractivity contribution in [3.63, 3.8) is 0 Å². The zero-order chi connectivity index (χ0) is 15.0. The van der Waals surface area contributed by atoms with Gasteiger partial charge >= 0.3 is 5.97 Å². The van der Waals surface area contributed by atoms with Gasteiger partial charge in [-0.15, -0.1) is 0 Å². The second-order valence-corrected chi connectivity index (χ2v) is 6.17. The molecule has 4 heteroatoms. The normalized spacial score (nSPS) is 19.4. The second-order valence-electron chi connectivity index (χ2n) is 6.17. The summed E-state index contributed by atoms with van der Waals surface area (Å²) in [5.74, 6) is -0.148. The van der Waals surface area contributed by atoms with Gasteiger partial charge in [-0.05, 0) is 52.4 Å².